The van der Waals surface area contributed by atoms with Crippen molar-refractivity contribution in [2.24, 2.45) is 24.3 Å². The number of carbonyl (C=O) groups is 1. The van der Waals surface area contributed by atoms with Crippen LogP contribution in [-0.4, -0.2) is 45.3 Å². The monoisotopic (exact) mass is 318 g/mol. The lowest BCUT2D eigenvalue weighted by molar-refractivity contribution is -0.141. The van der Waals surface area contributed by atoms with Gasteiger partial charge in [0, 0.05) is 13.6 Å². The minimum Gasteiger partial charge on any atom is -0.366 e. The lowest BCUT2D eigenvalue weighted by Gasteiger charge is -2.32. The Morgan fingerprint density at radius 1 is 1.43 bits per heavy atom. The van der Waals surface area contributed by atoms with Gasteiger partial charge in [-0.15, -0.1) is 10.2 Å². The Morgan fingerprint density at radius 3 is 2.78 bits per heavy atom. The van der Waals surface area contributed by atoms with Gasteiger partial charge in [0.1, 0.15) is 12.4 Å². The smallest absolute Gasteiger partial charge is 0.227 e. The number of aromatic nitrogens is 3. The third-order valence-electron chi connectivity index (χ3n) is 5.10. The predicted octanol–water partition coefficient (Wildman–Crippen LogP) is 1.95. The molecule has 126 valence electrons. The standard InChI is InChI=1S/C17H26N4O2/c1-11(2)8-12-14(17(12,3)4)16(22)21-6-7-23-13(9-21)15-19-18-10-20(15)5/h8,10,12-14H,6-7,9H2,1-5H3/t12-,13+,14+/m1/s1. The van der Waals surface area contributed by atoms with Crippen molar-refractivity contribution < 1.29 is 9.53 Å². The van der Waals surface area contributed by atoms with E-state index in [-0.39, 0.29) is 23.3 Å². The van der Waals surface area contributed by atoms with Gasteiger partial charge in [0.2, 0.25) is 5.91 Å². The van der Waals surface area contributed by atoms with Crippen molar-refractivity contribution in [2.45, 2.75) is 33.8 Å². The summed E-state index contributed by atoms with van der Waals surface area (Å²) in [4.78, 5) is 14.9. The molecule has 0 unspecified atom stereocenters. The number of rotatable bonds is 3. The lowest BCUT2D eigenvalue weighted by atomic mass is 10.1. The Bertz CT molecular complexity index is 630. The zero-order valence-electron chi connectivity index (χ0n) is 14.6. The van der Waals surface area contributed by atoms with Gasteiger partial charge in [-0.25, -0.2) is 0 Å². The van der Waals surface area contributed by atoms with Crippen LogP contribution in [0.15, 0.2) is 18.0 Å². The molecule has 0 bridgehead atoms. The third-order valence-corrected chi connectivity index (χ3v) is 5.10. The predicted molar refractivity (Wildman–Crippen MR) is 86.5 cm³/mol. The Balaban J connectivity index is 1.71. The maximum Gasteiger partial charge on any atom is 0.227 e. The molecule has 2 fully saturated rings. The first-order chi connectivity index (χ1) is 10.8. The molecular formula is C17H26N4O2. The van der Waals surface area contributed by atoms with Crippen LogP contribution < -0.4 is 0 Å². The van der Waals surface area contributed by atoms with Gasteiger partial charge in [0.05, 0.1) is 19.1 Å². The van der Waals surface area contributed by atoms with Crippen LogP contribution in [0.5, 0.6) is 0 Å². The molecule has 0 N–H and O–H groups in total. The molecule has 3 rings (SSSR count). The SMILES string of the molecule is CC(C)=C[C@@H]1[C@@H](C(=O)N2CCO[C@H](c3nncn3C)C2)C1(C)C. The van der Waals surface area contributed by atoms with E-state index >= 15 is 0 Å². The molecule has 1 saturated carbocycles. The number of ether oxygens (including phenoxy) is 1. The summed E-state index contributed by atoms with van der Waals surface area (Å²) in [5.41, 5.74) is 1.32. The highest BCUT2D eigenvalue weighted by Crippen LogP contribution is 2.60. The normalized spacial score (nSPS) is 29.3. The van der Waals surface area contributed by atoms with Gasteiger partial charge in [0.25, 0.3) is 0 Å². The average Bonchev–Trinajstić information content (AvgIpc) is 2.83. The molecule has 6 heteroatoms. The van der Waals surface area contributed by atoms with E-state index < -0.39 is 0 Å². The van der Waals surface area contributed by atoms with Gasteiger partial charge >= 0.3 is 0 Å². The number of carbonyl (C=O) groups excluding carboxylic acids is 1. The van der Waals surface area contributed by atoms with Crippen molar-refractivity contribution in [2.75, 3.05) is 19.7 Å². The zero-order chi connectivity index (χ0) is 16.8. The van der Waals surface area contributed by atoms with Gasteiger partial charge in [-0.1, -0.05) is 25.5 Å². The Kier molecular flexibility index (Phi) is 4.04. The molecule has 1 aromatic rings. The van der Waals surface area contributed by atoms with Crippen molar-refractivity contribution in [3.8, 4) is 0 Å². The zero-order valence-corrected chi connectivity index (χ0v) is 14.6. The van der Waals surface area contributed by atoms with Gasteiger partial charge in [-0.2, -0.15) is 0 Å². The first-order valence-corrected chi connectivity index (χ1v) is 8.21. The van der Waals surface area contributed by atoms with Crippen LogP contribution in [0.2, 0.25) is 0 Å². The highest BCUT2D eigenvalue weighted by molar-refractivity contribution is 5.84. The van der Waals surface area contributed by atoms with E-state index in [1.54, 1.807) is 6.33 Å². The van der Waals surface area contributed by atoms with Crippen molar-refractivity contribution in [3.63, 3.8) is 0 Å². The summed E-state index contributed by atoms with van der Waals surface area (Å²) in [6, 6.07) is 0. The van der Waals surface area contributed by atoms with Crippen LogP contribution in [-0.2, 0) is 16.6 Å². The summed E-state index contributed by atoms with van der Waals surface area (Å²) in [5.74, 6) is 1.44. The second-order valence-corrected chi connectivity index (χ2v) is 7.51. The number of hydrogen-bond acceptors (Lipinski definition) is 4. The molecule has 0 radical (unpaired) electrons. The number of nitrogens with zero attached hydrogens (tertiary/aromatic N) is 4. The number of amides is 1. The minimum absolute atomic E-state index is 0.0485. The molecule has 0 aromatic carbocycles. The molecule has 1 aliphatic carbocycles. The lowest BCUT2D eigenvalue weighted by Crippen LogP contribution is -2.44. The van der Waals surface area contributed by atoms with Gasteiger partial charge in [-0.05, 0) is 25.2 Å². The van der Waals surface area contributed by atoms with Crippen molar-refractivity contribution >= 4 is 5.91 Å². The number of aryl methyl sites for hydroxylation is 1. The molecule has 1 saturated heterocycles. The maximum atomic E-state index is 13.0. The van der Waals surface area contributed by atoms with Crippen molar-refractivity contribution in [1.82, 2.24) is 19.7 Å². The Morgan fingerprint density at radius 2 is 2.17 bits per heavy atom. The molecule has 6 nitrogen and oxygen atoms in total. The maximum absolute atomic E-state index is 13.0. The fraction of sp³-hybridized carbons (Fsp3) is 0.706. The molecule has 1 aliphatic heterocycles. The van der Waals surface area contributed by atoms with E-state index in [1.807, 2.05) is 16.5 Å². The van der Waals surface area contributed by atoms with Gasteiger partial charge < -0.3 is 14.2 Å². The van der Waals surface area contributed by atoms with E-state index in [0.29, 0.717) is 25.6 Å². The van der Waals surface area contributed by atoms with E-state index in [9.17, 15) is 4.79 Å². The largest absolute Gasteiger partial charge is 0.366 e. The van der Waals surface area contributed by atoms with Crippen LogP contribution in [0.4, 0.5) is 0 Å². The van der Waals surface area contributed by atoms with Crippen LogP contribution in [0, 0.1) is 17.3 Å². The second-order valence-electron chi connectivity index (χ2n) is 7.51. The Labute approximate surface area is 137 Å². The number of hydrogen-bond donors (Lipinski definition) is 0. The van der Waals surface area contributed by atoms with E-state index in [0.717, 1.165) is 5.82 Å². The third kappa shape index (κ3) is 2.92. The highest BCUT2D eigenvalue weighted by Gasteiger charge is 2.61. The highest BCUT2D eigenvalue weighted by atomic mass is 16.5. The average molecular weight is 318 g/mol. The molecule has 1 amide bonds. The van der Waals surface area contributed by atoms with Crippen LogP contribution in [0.25, 0.3) is 0 Å². The quantitative estimate of drug-likeness (QED) is 0.799. The van der Waals surface area contributed by atoms with Crippen LogP contribution >= 0.6 is 0 Å². The molecule has 3 atom stereocenters. The van der Waals surface area contributed by atoms with Crippen LogP contribution in [0.1, 0.15) is 39.6 Å². The Hall–Kier alpha value is -1.69. The second kappa shape index (κ2) is 5.74. The molecular weight excluding hydrogens is 292 g/mol. The molecule has 1 aromatic heterocycles. The summed E-state index contributed by atoms with van der Waals surface area (Å²) in [6.07, 6.45) is 3.71. The number of allylic oxidation sites excluding steroid dienone is 2. The summed E-state index contributed by atoms with van der Waals surface area (Å²) in [6.45, 7) is 10.3. The van der Waals surface area contributed by atoms with Gasteiger partial charge in [0.15, 0.2) is 5.82 Å². The molecule has 23 heavy (non-hydrogen) atoms. The fourth-order valence-electron chi connectivity index (χ4n) is 3.61. The molecule has 2 aliphatic rings. The van der Waals surface area contributed by atoms with E-state index in [1.165, 1.54) is 5.57 Å². The first-order valence-electron chi connectivity index (χ1n) is 8.21. The fourth-order valence-corrected chi connectivity index (χ4v) is 3.61. The summed E-state index contributed by atoms with van der Waals surface area (Å²) >= 11 is 0. The minimum atomic E-state index is -0.191. The number of morpholine rings is 1. The summed E-state index contributed by atoms with van der Waals surface area (Å²) < 4.78 is 7.65. The van der Waals surface area contributed by atoms with Crippen molar-refractivity contribution in [3.05, 3.63) is 23.8 Å². The van der Waals surface area contributed by atoms with Crippen molar-refractivity contribution in [1.29, 1.82) is 0 Å². The van der Waals surface area contributed by atoms with Gasteiger partial charge in [-0.3, -0.25) is 4.79 Å². The summed E-state index contributed by atoms with van der Waals surface area (Å²) in [7, 11) is 1.90. The topological polar surface area (TPSA) is 60.3 Å². The van der Waals surface area contributed by atoms with E-state index in [2.05, 4.69) is 44.0 Å². The van der Waals surface area contributed by atoms with Crippen LogP contribution in [0.3, 0.4) is 0 Å². The molecule has 0 spiro atoms. The molecule has 2 heterocycles. The summed E-state index contributed by atoms with van der Waals surface area (Å²) in [5, 5.41) is 8.02. The first kappa shape index (κ1) is 16.2. The van der Waals surface area contributed by atoms with E-state index in [4.69, 9.17) is 4.74 Å².